The summed E-state index contributed by atoms with van der Waals surface area (Å²) >= 11 is 0. The summed E-state index contributed by atoms with van der Waals surface area (Å²) in [5, 5.41) is 15.6. The van der Waals surface area contributed by atoms with Crippen LogP contribution in [-0.4, -0.2) is 102 Å². The number of morpholine rings is 1. The van der Waals surface area contributed by atoms with Crippen molar-refractivity contribution in [1.29, 1.82) is 0 Å². The molecular formula is C28H40N4O6. The van der Waals surface area contributed by atoms with Crippen molar-refractivity contribution in [2.45, 2.75) is 56.4 Å². The second-order valence-electron chi connectivity index (χ2n) is 10.9. The molecule has 2 bridgehead atoms. The first-order valence-electron chi connectivity index (χ1n) is 14.0. The molecule has 1 aromatic carbocycles. The number of hydrogen-bond donors (Lipinski definition) is 3. The highest BCUT2D eigenvalue weighted by Crippen LogP contribution is 2.64. The molecule has 4 saturated heterocycles. The maximum atomic E-state index is 13.9. The molecule has 10 heteroatoms. The van der Waals surface area contributed by atoms with Gasteiger partial charge in [-0.3, -0.25) is 19.3 Å². The summed E-state index contributed by atoms with van der Waals surface area (Å²) in [5.41, 5.74) is -0.832. The van der Waals surface area contributed by atoms with Crippen LogP contribution in [0.3, 0.4) is 0 Å². The average Bonchev–Trinajstić information content (AvgIpc) is 3.55. The summed E-state index contributed by atoms with van der Waals surface area (Å²) in [5.74, 6) is -2.06. The van der Waals surface area contributed by atoms with E-state index in [2.05, 4.69) is 15.5 Å². The summed E-state index contributed by atoms with van der Waals surface area (Å²) in [6.07, 6.45) is 2.12. The lowest BCUT2D eigenvalue weighted by atomic mass is 9.65. The maximum Gasteiger partial charge on any atom is 0.245 e. The Hall–Kier alpha value is -2.53. The van der Waals surface area contributed by atoms with Gasteiger partial charge in [-0.25, -0.2) is 0 Å². The van der Waals surface area contributed by atoms with Gasteiger partial charge in [0, 0.05) is 45.9 Å². The van der Waals surface area contributed by atoms with Crippen LogP contribution in [0.5, 0.6) is 0 Å². The van der Waals surface area contributed by atoms with Crippen molar-refractivity contribution in [3.63, 3.8) is 0 Å². The topological polar surface area (TPSA) is 120 Å². The number of carbonyl (C=O) groups excluding carboxylic acids is 3. The Labute approximate surface area is 224 Å². The maximum absolute atomic E-state index is 13.9. The summed E-state index contributed by atoms with van der Waals surface area (Å²) in [6, 6.07) is 8.84. The van der Waals surface area contributed by atoms with E-state index in [9.17, 15) is 19.5 Å². The molecule has 4 aliphatic heterocycles. The van der Waals surface area contributed by atoms with E-state index in [4.69, 9.17) is 9.47 Å². The predicted molar refractivity (Wildman–Crippen MR) is 139 cm³/mol. The molecule has 5 atom stereocenters. The summed E-state index contributed by atoms with van der Waals surface area (Å²) in [6.45, 7) is 6.70. The molecule has 1 aromatic rings. The Morgan fingerprint density at radius 3 is 2.55 bits per heavy atom. The third-order valence-corrected chi connectivity index (χ3v) is 8.91. The second kappa shape index (κ2) is 11.3. The van der Waals surface area contributed by atoms with Crippen molar-refractivity contribution in [1.82, 2.24) is 20.4 Å². The van der Waals surface area contributed by atoms with Crippen LogP contribution in [0.1, 0.15) is 38.2 Å². The molecule has 3 amide bonds. The lowest BCUT2D eigenvalue weighted by Crippen LogP contribution is -2.56. The smallest absolute Gasteiger partial charge is 0.245 e. The lowest BCUT2D eigenvalue weighted by Gasteiger charge is -2.34. The largest absolute Gasteiger partial charge is 0.396 e. The van der Waals surface area contributed by atoms with Gasteiger partial charge < -0.3 is 30.1 Å². The fraction of sp³-hybridized carbons (Fsp3) is 0.679. The van der Waals surface area contributed by atoms with Crippen LogP contribution in [-0.2, 0) is 30.4 Å². The van der Waals surface area contributed by atoms with E-state index in [0.29, 0.717) is 58.5 Å². The van der Waals surface area contributed by atoms with Gasteiger partial charge in [0.15, 0.2) is 0 Å². The molecule has 5 rings (SSSR count). The van der Waals surface area contributed by atoms with E-state index in [1.165, 1.54) is 0 Å². The molecule has 4 aliphatic rings. The lowest BCUT2D eigenvalue weighted by molar-refractivity contribution is -0.147. The minimum absolute atomic E-state index is 0.0897. The number of aliphatic hydroxyl groups excluding tert-OH is 1. The van der Waals surface area contributed by atoms with Gasteiger partial charge in [-0.2, -0.15) is 0 Å². The highest BCUT2D eigenvalue weighted by Gasteiger charge is 2.78. The van der Waals surface area contributed by atoms with Crippen molar-refractivity contribution in [2.24, 2.45) is 11.8 Å². The van der Waals surface area contributed by atoms with Crippen LogP contribution < -0.4 is 10.6 Å². The molecule has 0 saturated carbocycles. The molecule has 0 aromatic heterocycles. The third-order valence-electron chi connectivity index (χ3n) is 8.91. The van der Waals surface area contributed by atoms with Gasteiger partial charge in [0.05, 0.1) is 30.7 Å². The fourth-order valence-corrected chi connectivity index (χ4v) is 7.05. The summed E-state index contributed by atoms with van der Waals surface area (Å²) in [7, 11) is 0. The minimum atomic E-state index is -1.04. The molecule has 2 unspecified atom stereocenters. The van der Waals surface area contributed by atoms with Crippen molar-refractivity contribution < 1.29 is 29.0 Å². The van der Waals surface area contributed by atoms with Gasteiger partial charge in [0.2, 0.25) is 17.7 Å². The van der Waals surface area contributed by atoms with Crippen LogP contribution >= 0.6 is 0 Å². The molecule has 4 fully saturated rings. The van der Waals surface area contributed by atoms with Crippen LogP contribution in [0.4, 0.5) is 0 Å². The van der Waals surface area contributed by atoms with Crippen LogP contribution in [0.25, 0.3) is 0 Å². The zero-order valence-corrected chi connectivity index (χ0v) is 22.2. The Balaban J connectivity index is 1.36. The zero-order valence-electron chi connectivity index (χ0n) is 22.2. The first-order valence-corrected chi connectivity index (χ1v) is 14.0. The standard InChI is InChI=1S/C28H40N4O6/c1-2-27-9-10-28(38-27)22(21(27)24(34)30-19-20-7-4-3-5-8-20)26(36)32(12-6-16-33)23(28)25(35)29-11-13-31-14-17-37-18-15-31/h3-5,7-8,21-23,33H,2,6,9-19H2,1H3,(H,29,35)(H,30,34)/t21-,22+,23?,27+,28?/m1/s1. The molecule has 3 N–H and O–H groups in total. The fourth-order valence-electron chi connectivity index (χ4n) is 7.05. The van der Waals surface area contributed by atoms with Crippen molar-refractivity contribution >= 4 is 17.7 Å². The Morgan fingerprint density at radius 1 is 1.08 bits per heavy atom. The minimum Gasteiger partial charge on any atom is -0.396 e. The summed E-state index contributed by atoms with van der Waals surface area (Å²) < 4.78 is 12.1. The van der Waals surface area contributed by atoms with E-state index in [0.717, 1.165) is 18.7 Å². The SMILES string of the molecule is CC[C@@]12CCC3(O1)C(C(=O)NCCN1CCOCC1)N(CCCO)C(=O)[C@@H]3[C@@H]2C(=O)NCc1ccccc1. The molecule has 38 heavy (non-hydrogen) atoms. The number of nitrogens with zero attached hydrogens (tertiary/aromatic N) is 2. The van der Waals surface area contributed by atoms with Gasteiger partial charge in [0.25, 0.3) is 0 Å². The number of aliphatic hydroxyl groups is 1. The average molecular weight is 529 g/mol. The molecule has 0 radical (unpaired) electrons. The van der Waals surface area contributed by atoms with Crippen molar-refractivity contribution in [3.8, 4) is 0 Å². The molecule has 10 nitrogen and oxygen atoms in total. The van der Waals surface area contributed by atoms with Gasteiger partial charge in [-0.05, 0) is 31.2 Å². The molecular weight excluding hydrogens is 488 g/mol. The van der Waals surface area contributed by atoms with E-state index < -0.39 is 29.1 Å². The van der Waals surface area contributed by atoms with Crippen LogP contribution in [0, 0.1) is 11.8 Å². The van der Waals surface area contributed by atoms with Gasteiger partial charge in [0.1, 0.15) is 11.6 Å². The van der Waals surface area contributed by atoms with Crippen molar-refractivity contribution in [2.75, 3.05) is 52.5 Å². The highest BCUT2D eigenvalue weighted by molar-refractivity contribution is 5.99. The monoisotopic (exact) mass is 528 g/mol. The predicted octanol–water partition coefficient (Wildman–Crippen LogP) is 0.288. The number of rotatable bonds is 11. The number of likely N-dealkylation sites (tertiary alicyclic amines) is 1. The van der Waals surface area contributed by atoms with E-state index in [-0.39, 0.29) is 30.9 Å². The second-order valence-corrected chi connectivity index (χ2v) is 10.9. The van der Waals surface area contributed by atoms with Gasteiger partial charge in [-0.1, -0.05) is 37.3 Å². The normalized spacial score (nSPS) is 32.4. The van der Waals surface area contributed by atoms with Crippen LogP contribution in [0.15, 0.2) is 30.3 Å². The molecule has 0 aliphatic carbocycles. The van der Waals surface area contributed by atoms with Gasteiger partial charge in [-0.15, -0.1) is 0 Å². The zero-order chi connectivity index (χ0) is 26.8. The first kappa shape index (κ1) is 27.1. The number of fused-ring (bicyclic) bond motifs is 1. The first-order chi connectivity index (χ1) is 18.5. The van der Waals surface area contributed by atoms with Crippen molar-refractivity contribution in [3.05, 3.63) is 35.9 Å². The molecule has 1 spiro atoms. The van der Waals surface area contributed by atoms with Crippen LogP contribution in [0.2, 0.25) is 0 Å². The van der Waals surface area contributed by atoms with E-state index >= 15 is 0 Å². The van der Waals surface area contributed by atoms with E-state index in [1.807, 2.05) is 37.3 Å². The number of nitrogens with one attached hydrogen (secondary N) is 2. The number of amides is 3. The molecule has 208 valence electrons. The number of carbonyl (C=O) groups is 3. The summed E-state index contributed by atoms with van der Waals surface area (Å²) in [4.78, 5) is 45.2. The Morgan fingerprint density at radius 2 is 1.84 bits per heavy atom. The Bertz CT molecular complexity index is 1020. The quantitative estimate of drug-likeness (QED) is 0.378. The highest BCUT2D eigenvalue weighted by atomic mass is 16.5. The number of hydrogen-bond acceptors (Lipinski definition) is 7. The van der Waals surface area contributed by atoms with Gasteiger partial charge >= 0.3 is 0 Å². The number of benzene rings is 1. The van der Waals surface area contributed by atoms with E-state index in [1.54, 1.807) is 4.90 Å². The third kappa shape index (κ3) is 4.72. The Kier molecular flexibility index (Phi) is 8.04. The molecule has 4 heterocycles. The number of ether oxygens (including phenoxy) is 2.